The first-order valence-corrected chi connectivity index (χ1v) is 12.8. The first kappa shape index (κ1) is 38.5. The van der Waals surface area contributed by atoms with Crippen molar-refractivity contribution < 1.29 is 75.3 Å². The van der Waals surface area contributed by atoms with Crippen LogP contribution < -0.4 is 16.0 Å². The van der Waals surface area contributed by atoms with Crippen LogP contribution in [0.2, 0.25) is 0 Å². The number of nitrogens with one attached hydrogen (secondary N) is 3. The highest BCUT2D eigenvalue weighted by Gasteiger charge is 2.31. The smallest absolute Gasteiger partial charge is 0.326 e. The summed E-state index contributed by atoms with van der Waals surface area (Å²) in [6, 6.07) is -1.49. The molecule has 10 atom stereocenters. The molecule has 0 spiro atoms. The molecule has 3 amide bonds. The van der Waals surface area contributed by atoms with E-state index in [9.17, 15) is 65.1 Å². The highest BCUT2D eigenvalue weighted by molar-refractivity contribution is 5.86. The third-order valence-electron chi connectivity index (χ3n) is 6.19. The molecular weight excluding hydrogens is 558 g/mol. The van der Waals surface area contributed by atoms with Gasteiger partial charge in [-0.05, 0) is 12.8 Å². The summed E-state index contributed by atoms with van der Waals surface area (Å²) in [5, 5.41) is 110. The molecule has 0 saturated carbocycles. The summed E-state index contributed by atoms with van der Waals surface area (Å²) in [5.74, 6) is -4.45. The Morgan fingerprint density at radius 3 is 1.34 bits per heavy atom. The van der Waals surface area contributed by atoms with Gasteiger partial charge in [0.2, 0.25) is 17.7 Å². The lowest BCUT2D eigenvalue weighted by atomic mass is 10.0. The minimum atomic E-state index is -1.90. The van der Waals surface area contributed by atoms with Gasteiger partial charge in [-0.25, -0.2) is 4.79 Å². The number of carboxylic acids is 1. The van der Waals surface area contributed by atoms with Crippen LogP contribution in [-0.4, -0.2) is 161 Å². The maximum atomic E-state index is 12.4. The van der Waals surface area contributed by atoms with Gasteiger partial charge in [0.1, 0.15) is 42.7 Å². The summed E-state index contributed by atoms with van der Waals surface area (Å²) in [6.45, 7) is -1.42. The van der Waals surface area contributed by atoms with E-state index in [-0.39, 0.29) is 19.3 Å². The highest BCUT2D eigenvalue weighted by atomic mass is 16.4. The van der Waals surface area contributed by atoms with E-state index >= 15 is 0 Å². The highest BCUT2D eigenvalue weighted by Crippen LogP contribution is 2.09. The van der Waals surface area contributed by atoms with Crippen molar-refractivity contribution in [1.29, 1.82) is 0 Å². The Bertz CT molecular complexity index is 819. The Hall–Kier alpha value is -2.52. The fourth-order valence-electron chi connectivity index (χ4n) is 3.31. The quantitative estimate of drug-likeness (QED) is 0.0581. The molecule has 18 heteroatoms. The molecule has 240 valence electrons. The second-order valence-corrected chi connectivity index (χ2v) is 9.58. The SMILES string of the molecule is C[C@H](CCC(=O)NC[C@H](O)[C@@H](O)[C@H](O)[C@H](O)CO)C(=O)N[C@@H](CCC(=O)NC[C@@H](O)[C@H](O)[C@@H](O)[C@@H](O)CO)C(=O)O. The molecule has 18 nitrogen and oxygen atoms in total. The van der Waals surface area contributed by atoms with Crippen LogP contribution in [0.25, 0.3) is 0 Å². The van der Waals surface area contributed by atoms with Crippen LogP contribution in [0.4, 0.5) is 0 Å². The molecule has 0 radical (unpaired) electrons. The number of aliphatic hydroxyl groups is 10. The van der Waals surface area contributed by atoms with Gasteiger partial charge in [0.05, 0.1) is 25.4 Å². The van der Waals surface area contributed by atoms with Crippen LogP contribution in [0.1, 0.15) is 32.6 Å². The summed E-state index contributed by atoms with van der Waals surface area (Å²) in [4.78, 5) is 47.9. The molecule has 0 aliphatic heterocycles. The maximum absolute atomic E-state index is 12.4. The summed E-state index contributed by atoms with van der Waals surface area (Å²) in [7, 11) is 0. The zero-order valence-corrected chi connectivity index (χ0v) is 22.5. The number of aliphatic hydroxyl groups excluding tert-OH is 10. The Kier molecular flexibility index (Phi) is 18.4. The molecule has 0 aromatic rings. The van der Waals surface area contributed by atoms with Crippen molar-refractivity contribution in [3.63, 3.8) is 0 Å². The van der Waals surface area contributed by atoms with E-state index in [0.29, 0.717) is 0 Å². The van der Waals surface area contributed by atoms with Crippen molar-refractivity contribution >= 4 is 23.7 Å². The zero-order chi connectivity index (χ0) is 31.9. The van der Waals surface area contributed by atoms with Gasteiger partial charge in [-0.2, -0.15) is 0 Å². The van der Waals surface area contributed by atoms with Crippen molar-refractivity contribution in [2.24, 2.45) is 5.92 Å². The van der Waals surface area contributed by atoms with E-state index < -0.39 is 117 Å². The third-order valence-corrected chi connectivity index (χ3v) is 6.19. The zero-order valence-electron chi connectivity index (χ0n) is 22.5. The summed E-state index contributed by atoms with van der Waals surface area (Å²) < 4.78 is 0. The van der Waals surface area contributed by atoms with Gasteiger partial charge >= 0.3 is 5.97 Å². The number of rotatable bonds is 21. The fraction of sp³-hybridized carbons (Fsp3) is 0.826. The minimum absolute atomic E-state index is 0.0496. The average Bonchev–Trinajstić information content (AvgIpc) is 2.96. The van der Waals surface area contributed by atoms with Crippen molar-refractivity contribution in [2.45, 2.75) is 87.5 Å². The number of amides is 3. The van der Waals surface area contributed by atoms with E-state index in [0.717, 1.165) is 0 Å². The molecule has 0 saturated heterocycles. The van der Waals surface area contributed by atoms with E-state index in [4.69, 9.17) is 10.2 Å². The normalized spacial score (nSPS) is 18.9. The number of hydrogen-bond donors (Lipinski definition) is 14. The van der Waals surface area contributed by atoms with Gasteiger partial charge in [-0.3, -0.25) is 14.4 Å². The van der Waals surface area contributed by atoms with Crippen LogP contribution in [0, 0.1) is 5.92 Å². The summed E-state index contributed by atoms with van der Waals surface area (Å²) >= 11 is 0. The number of carbonyl (C=O) groups is 4. The van der Waals surface area contributed by atoms with Crippen LogP contribution in [0.15, 0.2) is 0 Å². The fourth-order valence-corrected chi connectivity index (χ4v) is 3.31. The van der Waals surface area contributed by atoms with E-state index in [1.807, 2.05) is 0 Å². The Balaban J connectivity index is 4.59. The molecular formula is C23H43N3O15. The average molecular weight is 602 g/mol. The van der Waals surface area contributed by atoms with Gasteiger partial charge < -0.3 is 72.1 Å². The standard InChI is InChI=1S/C23H43N3O15/c1-10(2-4-16(33)24-6-12(29)18(35)20(37)14(31)8-27)22(39)26-11(23(40)41)3-5-17(34)25-7-13(30)19(36)21(38)15(32)9-28/h10-15,18-21,27-32,35-38H,2-9H2,1H3,(H,24,33)(H,25,34)(H,26,39)(H,40,41)/t10-,11+,12+,13-,14-,15+,18-,19+,20-,21+/m1/s1. The lowest BCUT2D eigenvalue weighted by Crippen LogP contribution is -2.49. The van der Waals surface area contributed by atoms with E-state index in [1.54, 1.807) is 0 Å². The number of aliphatic carboxylic acids is 1. The Labute approximate surface area is 235 Å². The monoisotopic (exact) mass is 601 g/mol. The molecule has 0 aromatic heterocycles. The predicted molar refractivity (Wildman–Crippen MR) is 135 cm³/mol. The van der Waals surface area contributed by atoms with Crippen molar-refractivity contribution in [3.05, 3.63) is 0 Å². The van der Waals surface area contributed by atoms with Gasteiger partial charge in [0.25, 0.3) is 0 Å². The molecule has 0 fully saturated rings. The molecule has 41 heavy (non-hydrogen) atoms. The minimum Gasteiger partial charge on any atom is -0.480 e. The molecule has 0 unspecified atom stereocenters. The molecule has 0 rings (SSSR count). The number of carbonyl (C=O) groups excluding carboxylic acids is 3. The maximum Gasteiger partial charge on any atom is 0.326 e. The molecule has 0 bridgehead atoms. The first-order chi connectivity index (χ1) is 19.1. The number of carboxylic acid groups (broad SMARTS) is 1. The summed E-state index contributed by atoms with van der Waals surface area (Å²) in [5.41, 5.74) is 0. The summed E-state index contributed by atoms with van der Waals surface area (Å²) in [6.07, 6.45) is -15.4. The van der Waals surface area contributed by atoms with Gasteiger partial charge in [0.15, 0.2) is 0 Å². The second kappa shape index (κ2) is 19.6. The third kappa shape index (κ3) is 14.3. The molecule has 0 aliphatic carbocycles. The van der Waals surface area contributed by atoms with E-state index in [2.05, 4.69) is 16.0 Å². The Morgan fingerprint density at radius 1 is 0.610 bits per heavy atom. The van der Waals surface area contributed by atoms with E-state index in [1.165, 1.54) is 6.92 Å². The van der Waals surface area contributed by atoms with Crippen LogP contribution >= 0.6 is 0 Å². The molecule has 14 N–H and O–H groups in total. The van der Waals surface area contributed by atoms with Crippen LogP contribution in [0.3, 0.4) is 0 Å². The number of hydrogen-bond acceptors (Lipinski definition) is 14. The van der Waals surface area contributed by atoms with Gasteiger partial charge in [-0.1, -0.05) is 6.92 Å². The van der Waals surface area contributed by atoms with Gasteiger partial charge in [-0.15, -0.1) is 0 Å². The van der Waals surface area contributed by atoms with Crippen molar-refractivity contribution in [1.82, 2.24) is 16.0 Å². The molecule has 0 aliphatic rings. The predicted octanol–water partition coefficient (Wildman–Crippen LogP) is -7.14. The van der Waals surface area contributed by atoms with Gasteiger partial charge in [0, 0.05) is 31.8 Å². The van der Waals surface area contributed by atoms with Crippen molar-refractivity contribution in [3.8, 4) is 0 Å². The lowest BCUT2D eigenvalue weighted by Gasteiger charge is -2.25. The molecule has 0 heterocycles. The second-order valence-electron chi connectivity index (χ2n) is 9.58. The topological polar surface area (TPSA) is 327 Å². The first-order valence-electron chi connectivity index (χ1n) is 12.8. The lowest BCUT2D eigenvalue weighted by molar-refractivity contribution is -0.143. The van der Waals surface area contributed by atoms with Crippen molar-refractivity contribution in [2.75, 3.05) is 26.3 Å². The van der Waals surface area contributed by atoms with Crippen LogP contribution in [-0.2, 0) is 19.2 Å². The largest absolute Gasteiger partial charge is 0.480 e. The van der Waals surface area contributed by atoms with Crippen LogP contribution in [0.5, 0.6) is 0 Å². The molecule has 0 aromatic carbocycles. The Morgan fingerprint density at radius 2 is 0.976 bits per heavy atom.